The Morgan fingerprint density at radius 3 is 2.64 bits per heavy atom. The number of nitrogens with one attached hydrogen (secondary N) is 1. The van der Waals surface area contributed by atoms with E-state index >= 15 is 0 Å². The van der Waals surface area contributed by atoms with Crippen molar-refractivity contribution < 1.29 is 14.1 Å². The first-order chi connectivity index (χ1) is 15.8. The van der Waals surface area contributed by atoms with Gasteiger partial charge in [-0.15, -0.1) is 4.68 Å². The Hall–Kier alpha value is -4.31. The molecule has 1 N–H and O–H groups in total. The number of aromatic nitrogens is 2. The van der Waals surface area contributed by atoms with E-state index in [2.05, 4.69) is 10.1 Å². The highest BCUT2D eigenvalue weighted by atomic mass is 35.5. The number of benzene rings is 3. The van der Waals surface area contributed by atoms with E-state index in [4.69, 9.17) is 16.3 Å². The molecule has 1 aromatic heterocycles. The molecule has 0 aliphatic rings. The number of halogens is 2. The quantitative estimate of drug-likeness (QED) is 0.262. The summed E-state index contributed by atoms with van der Waals surface area (Å²) in [6, 6.07) is 14.6. The van der Waals surface area contributed by atoms with Gasteiger partial charge < -0.3 is 9.72 Å². The molecule has 0 saturated carbocycles. The summed E-state index contributed by atoms with van der Waals surface area (Å²) in [6.45, 7) is -0.313. The molecule has 0 aliphatic carbocycles. The van der Waals surface area contributed by atoms with E-state index < -0.39 is 27.7 Å². The van der Waals surface area contributed by atoms with Crippen LogP contribution in [0.5, 0.6) is 5.75 Å². The van der Waals surface area contributed by atoms with Gasteiger partial charge in [0.2, 0.25) is 5.75 Å². The first kappa shape index (κ1) is 21.9. The fourth-order valence-corrected chi connectivity index (χ4v) is 3.35. The van der Waals surface area contributed by atoms with Crippen LogP contribution in [-0.4, -0.2) is 20.8 Å². The predicted octanol–water partition coefficient (Wildman–Crippen LogP) is 3.85. The standard InChI is InChI=1S/C22H14ClFN4O5/c23-15-9-14(11-25-27-21(29)16-6-2-4-8-18(16)26-22(27)30)20(19(10-15)28(31)32)33-12-13-5-1-3-7-17(13)24/h1-11H,12H2,(H,26,30). The maximum absolute atomic E-state index is 14.0. The van der Waals surface area contributed by atoms with E-state index in [9.17, 15) is 24.1 Å². The Balaban J connectivity index is 1.79. The first-order valence-corrected chi connectivity index (χ1v) is 9.85. The van der Waals surface area contributed by atoms with Crippen molar-refractivity contribution in [3.63, 3.8) is 0 Å². The van der Waals surface area contributed by atoms with Crippen LogP contribution in [0.4, 0.5) is 10.1 Å². The van der Waals surface area contributed by atoms with Crippen molar-refractivity contribution in [1.82, 2.24) is 9.66 Å². The number of nitro groups is 1. The number of fused-ring (bicyclic) bond motifs is 1. The lowest BCUT2D eigenvalue weighted by Crippen LogP contribution is -2.32. The molecule has 11 heteroatoms. The molecule has 0 amide bonds. The van der Waals surface area contributed by atoms with Crippen molar-refractivity contribution in [2.75, 3.05) is 0 Å². The third-order valence-corrected chi connectivity index (χ3v) is 4.90. The van der Waals surface area contributed by atoms with E-state index in [1.807, 2.05) is 0 Å². The molecule has 1 heterocycles. The second-order valence-corrected chi connectivity index (χ2v) is 7.25. The van der Waals surface area contributed by atoms with E-state index in [0.29, 0.717) is 10.2 Å². The highest BCUT2D eigenvalue weighted by Crippen LogP contribution is 2.34. The number of H-pyrrole nitrogens is 1. The molecule has 0 unspecified atom stereocenters. The number of hydrogen-bond acceptors (Lipinski definition) is 6. The van der Waals surface area contributed by atoms with Gasteiger partial charge >= 0.3 is 11.4 Å². The van der Waals surface area contributed by atoms with Gasteiger partial charge in [-0.1, -0.05) is 41.9 Å². The molecule has 0 fully saturated rings. The summed E-state index contributed by atoms with van der Waals surface area (Å²) in [5.74, 6) is -0.791. The number of ether oxygens (including phenoxy) is 1. The maximum atomic E-state index is 14.0. The zero-order chi connectivity index (χ0) is 23.5. The summed E-state index contributed by atoms with van der Waals surface area (Å²) in [7, 11) is 0. The molecule has 0 aliphatic heterocycles. The van der Waals surface area contributed by atoms with Crippen LogP contribution >= 0.6 is 11.6 Å². The molecule has 9 nitrogen and oxygen atoms in total. The number of nitrogens with zero attached hydrogens (tertiary/aromatic N) is 3. The molecule has 166 valence electrons. The molecule has 4 rings (SSSR count). The fraction of sp³-hybridized carbons (Fsp3) is 0.0455. The highest BCUT2D eigenvalue weighted by molar-refractivity contribution is 6.31. The minimum atomic E-state index is -0.805. The van der Waals surface area contributed by atoms with Gasteiger partial charge in [-0.3, -0.25) is 14.9 Å². The fourth-order valence-electron chi connectivity index (χ4n) is 3.13. The van der Waals surface area contributed by atoms with Crippen LogP contribution < -0.4 is 16.0 Å². The Labute approximate surface area is 189 Å². The van der Waals surface area contributed by atoms with Gasteiger partial charge in [0, 0.05) is 22.2 Å². The summed E-state index contributed by atoms with van der Waals surface area (Å²) in [5, 5.41) is 15.7. The van der Waals surface area contributed by atoms with E-state index in [-0.39, 0.29) is 33.9 Å². The molecule has 0 bridgehead atoms. The number of hydrogen-bond donors (Lipinski definition) is 1. The van der Waals surface area contributed by atoms with Gasteiger partial charge in [-0.05, 0) is 24.3 Å². The van der Waals surface area contributed by atoms with E-state index in [0.717, 1.165) is 12.3 Å². The zero-order valence-corrected chi connectivity index (χ0v) is 17.5. The van der Waals surface area contributed by atoms with Crippen LogP contribution in [0.1, 0.15) is 11.1 Å². The topological polar surface area (TPSA) is 120 Å². The summed E-state index contributed by atoms with van der Waals surface area (Å²) in [6.07, 6.45) is 1.04. The third kappa shape index (κ3) is 4.51. The number of nitro benzene ring substituents is 1. The second-order valence-electron chi connectivity index (χ2n) is 6.82. The lowest BCUT2D eigenvalue weighted by atomic mass is 10.1. The van der Waals surface area contributed by atoms with Gasteiger partial charge in [0.05, 0.1) is 22.0 Å². The molecule has 4 aromatic rings. The SMILES string of the molecule is O=c1[nH]c2ccccc2c(=O)n1N=Cc1cc(Cl)cc([N+](=O)[O-])c1OCc1ccccc1F. The summed E-state index contributed by atoms with van der Waals surface area (Å²) in [5.41, 5.74) is -1.45. The summed E-state index contributed by atoms with van der Waals surface area (Å²) >= 11 is 6.01. The Bertz CT molecular complexity index is 1530. The Kier molecular flexibility index (Phi) is 6.01. The van der Waals surface area contributed by atoms with Crippen molar-refractivity contribution in [2.45, 2.75) is 6.61 Å². The van der Waals surface area contributed by atoms with Crippen LogP contribution in [-0.2, 0) is 6.61 Å². The summed E-state index contributed by atoms with van der Waals surface area (Å²) in [4.78, 5) is 38.4. The largest absolute Gasteiger partial charge is 0.481 e. The maximum Gasteiger partial charge on any atom is 0.349 e. The van der Waals surface area contributed by atoms with Crippen LogP contribution in [0.25, 0.3) is 10.9 Å². The van der Waals surface area contributed by atoms with Crippen LogP contribution in [0.15, 0.2) is 75.4 Å². The molecule has 0 atom stereocenters. The average molecular weight is 469 g/mol. The van der Waals surface area contributed by atoms with E-state index in [1.54, 1.807) is 24.3 Å². The summed E-state index contributed by atoms with van der Waals surface area (Å²) < 4.78 is 20.1. The smallest absolute Gasteiger partial charge is 0.349 e. The monoisotopic (exact) mass is 468 g/mol. The second kappa shape index (κ2) is 9.05. The predicted molar refractivity (Wildman–Crippen MR) is 121 cm³/mol. The van der Waals surface area contributed by atoms with E-state index in [1.165, 1.54) is 30.3 Å². The molecule has 0 radical (unpaired) electrons. The van der Waals surface area contributed by atoms with Crippen LogP contribution in [0.2, 0.25) is 5.02 Å². The lowest BCUT2D eigenvalue weighted by molar-refractivity contribution is -0.385. The normalized spacial score (nSPS) is 11.2. The molecule has 0 spiro atoms. The minimum absolute atomic E-state index is 0.00107. The molecule has 33 heavy (non-hydrogen) atoms. The highest BCUT2D eigenvalue weighted by Gasteiger charge is 2.21. The zero-order valence-electron chi connectivity index (χ0n) is 16.7. The Morgan fingerprint density at radius 2 is 1.88 bits per heavy atom. The van der Waals surface area contributed by atoms with Crippen molar-refractivity contribution in [2.24, 2.45) is 5.10 Å². The van der Waals surface area contributed by atoms with Gasteiger partial charge in [0.25, 0.3) is 5.56 Å². The third-order valence-electron chi connectivity index (χ3n) is 4.69. The number of para-hydroxylation sites is 1. The first-order valence-electron chi connectivity index (χ1n) is 9.47. The lowest BCUT2D eigenvalue weighted by Gasteiger charge is -2.11. The number of rotatable bonds is 6. The molecule has 3 aromatic carbocycles. The molecular formula is C22H14ClFN4O5. The Morgan fingerprint density at radius 1 is 1.15 bits per heavy atom. The van der Waals surface area contributed by atoms with Gasteiger partial charge in [-0.25, -0.2) is 9.18 Å². The van der Waals surface area contributed by atoms with Crippen LogP contribution in [0, 0.1) is 15.9 Å². The van der Waals surface area contributed by atoms with Crippen molar-refractivity contribution in [3.05, 3.63) is 114 Å². The molecule has 0 saturated heterocycles. The average Bonchev–Trinajstić information content (AvgIpc) is 2.78. The van der Waals surface area contributed by atoms with Gasteiger partial charge in [-0.2, -0.15) is 5.10 Å². The van der Waals surface area contributed by atoms with Crippen molar-refractivity contribution in [3.8, 4) is 5.75 Å². The van der Waals surface area contributed by atoms with Crippen molar-refractivity contribution in [1.29, 1.82) is 0 Å². The van der Waals surface area contributed by atoms with Crippen LogP contribution in [0.3, 0.4) is 0 Å². The number of aromatic amines is 1. The molecular weight excluding hydrogens is 455 g/mol. The minimum Gasteiger partial charge on any atom is -0.481 e. The van der Waals surface area contributed by atoms with Gasteiger partial charge in [0.1, 0.15) is 12.4 Å². The van der Waals surface area contributed by atoms with Gasteiger partial charge in [0.15, 0.2) is 0 Å². The van der Waals surface area contributed by atoms with Crippen molar-refractivity contribution >= 4 is 34.4 Å².